The Labute approximate surface area is 199 Å². The first kappa shape index (κ1) is 23.5. The lowest BCUT2D eigenvalue weighted by Gasteiger charge is -2.14. The summed E-state index contributed by atoms with van der Waals surface area (Å²) in [5.74, 6) is 0.190. The second kappa shape index (κ2) is 10.1. The number of amides is 1. The highest BCUT2D eigenvalue weighted by atomic mass is 32.2. The number of aliphatic imine (C=N–C) groups is 1. The quantitative estimate of drug-likeness (QED) is 0.456. The van der Waals surface area contributed by atoms with Crippen molar-refractivity contribution in [3.63, 3.8) is 0 Å². The molecule has 0 spiro atoms. The molecule has 3 aromatic carbocycles. The minimum atomic E-state index is -3.66. The predicted molar refractivity (Wildman–Crippen MR) is 132 cm³/mol. The lowest BCUT2D eigenvalue weighted by atomic mass is 10.0. The Morgan fingerprint density at radius 2 is 1.65 bits per heavy atom. The molecule has 0 aliphatic carbocycles. The number of nitrogens with zero attached hydrogens (tertiary/aromatic N) is 1. The Balaban J connectivity index is 1.46. The molecular formula is C26H27N3O4S. The molecule has 0 bridgehead atoms. The molecule has 0 saturated heterocycles. The lowest BCUT2D eigenvalue weighted by molar-refractivity contribution is -0.122. The summed E-state index contributed by atoms with van der Waals surface area (Å²) in [6, 6.07) is 20.7. The van der Waals surface area contributed by atoms with E-state index in [1.165, 1.54) is 6.07 Å². The van der Waals surface area contributed by atoms with Crippen molar-refractivity contribution >= 4 is 21.8 Å². The third-order valence-corrected chi connectivity index (χ3v) is 7.10. The summed E-state index contributed by atoms with van der Waals surface area (Å²) in [6.45, 7) is 2.37. The van der Waals surface area contributed by atoms with Crippen molar-refractivity contribution < 1.29 is 18.3 Å². The number of hydrogen-bond donors (Lipinski definition) is 3. The van der Waals surface area contributed by atoms with Gasteiger partial charge >= 0.3 is 0 Å². The molecule has 8 heteroatoms. The van der Waals surface area contributed by atoms with Gasteiger partial charge < -0.3 is 10.4 Å². The van der Waals surface area contributed by atoms with Crippen LogP contribution >= 0.6 is 0 Å². The zero-order chi connectivity index (χ0) is 24.1. The van der Waals surface area contributed by atoms with Crippen LogP contribution in [-0.2, 0) is 21.4 Å². The molecule has 4 rings (SSSR count). The van der Waals surface area contributed by atoms with Crippen LogP contribution in [0.4, 0.5) is 0 Å². The molecule has 3 aromatic rings. The van der Waals surface area contributed by atoms with E-state index in [4.69, 9.17) is 0 Å². The van der Waals surface area contributed by atoms with E-state index in [1.54, 1.807) is 30.3 Å². The second-order valence-electron chi connectivity index (χ2n) is 8.20. The average molecular weight is 478 g/mol. The minimum absolute atomic E-state index is 0.178. The third-order valence-electron chi connectivity index (χ3n) is 5.70. The van der Waals surface area contributed by atoms with Gasteiger partial charge in [-0.05, 0) is 47.4 Å². The van der Waals surface area contributed by atoms with Crippen molar-refractivity contribution in [3.05, 3.63) is 83.9 Å². The molecule has 1 aliphatic rings. The normalized spacial score (nSPS) is 16.0. The molecular weight excluding hydrogens is 450 g/mol. The molecule has 0 saturated carbocycles. The average Bonchev–Trinajstić information content (AvgIpc) is 3.11. The molecule has 1 aliphatic heterocycles. The summed E-state index contributed by atoms with van der Waals surface area (Å²) >= 11 is 0. The first-order valence-electron chi connectivity index (χ1n) is 11.2. The van der Waals surface area contributed by atoms with Gasteiger partial charge in [-0.2, -0.15) is 0 Å². The van der Waals surface area contributed by atoms with Crippen LogP contribution in [0, 0.1) is 0 Å². The summed E-state index contributed by atoms with van der Waals surface area (Å²) in [4.78, 5) is 17.7. The second-order valence-corrected chi connectivity index (χ2v) is 9.85. The Bertz CT molecular complexity index is 1300. The third kappa shape index (κ3) is 5.28. The SMILES string of the molecule is CCCCC(N=C1NS(=O)(=O)c2ccccc21)C(=O)NCc1ccc(-c2ccc(O)cc2)cc1. The molecule has 1 unspecified atom stereocenters. The van der Waals surface area contributed by atoms with Gasteiger partial charge in [0, 0.05) is 12.1 Å². The molecule has 1 amide bonds. The molecule has 3 N–H and O–H groups in total. The number of phenols is 1. The summed E-state index contributed by atoms with van der Waals surface area (Å²) in [5.41, 5.74) is 3.42. The van der Waals surface area contributed by atoms with E-state index < -0.39 is 16.1 Å². The number of nitrogens with one attached hydrogen (secondary N) is 2. The molecule has 1 heterocycles. The molecule has 0 fully saturated rings. The Morgan fingerprint density at radius 1 is 1.00 bits per heavy atom. The number of unbranched alkanes of at least 4 members (excludes halogenated alkanes) is 1. The topological polar surface area (TPSA) is 108 Å². The van der Waals surface area contributed by atoms with Crippen LogP contribution < -0.4 is 10.0 Å². The molecule has 7 nitrogen and oxygen atoms in total. The number of sulfonamides is 1. The van der Waals surface area contributed by atoms with Crippen molar-refractivity contribution in [2.45, 2.75) is 43.7 Å². The maximum atomic E-state index is 13.0. The van der Waals surface area contributed by atoms with E-state index in [0.29, 0.717) is 18.5 Å². The van der Waals surface area contributed by atoms with Gasteiger partial charge in [0.1, 0.15) is 17.6 Å². The van der Waals surface area contributed by atoms with E-state index in [1.807, 2.05) is 43.3 Å². The summed E-state index contributed by atoms with van der Waals surface area (Å²) in [7, 11) is -3.66. The number of benzene rings is 3. The first-order chi connectivity index (χ1) is 16.4. The minimum Gasteiger partial charge on any atom is -0.508 e. The molecule has 176 valence electrons. The van der Waals surface area contributed by atoms with Crippen LogP contribution in [0.2, 0.25) is 0 Å². The number of carbonyl (C=O) groups excluding carboxylic acids is 1. The zero-order valence-electron chi connectivity index (χ0n) is 18.9. The van der Waals surface area contributed by atoms with Crippen molar-refractivity contribution in [1.29, 1.82) is 0 Å². The maximum absolute atomic E-state index is 13.0. The van der Waals surface area contributed by atoms with Gasteiger partial charge in [0.05, 0.1) is 4.90 Å². The van der Waals surface area contributed by atoms with Gasteiger partial charge in [-0.15, -0.1) is 0 Å². The smallest absolute Gasteiger partial charge is 0.263 e. The first-order valence-corrected chi connectivity index (χ1v) is 12.7. The molecule has 0 radical (unpaired) electrons. The van der Waals surface area contributed by atoms with E-state index in [9.17, 15) is 18.3 Å². The highest BCUT2D eigenvalue weighted by Gasteiger charge is 2.31. The number of aromatic hydroxyl groups is 1. The van der Waals surface area contributed by atoms with Crippen LogP contribution in [0.1, 0.15) is 37.3 Å². The van der Waals surface area contributed by atoms with E-state index in [-0.39, 0.29) is 22.4 Å². The van der Waals surface area contributed by atoms with Crippen molar-refractivity contribution in [3.8, 4) is 16.9 Å². The summed E-state index contributed by atoms with van der Waals surface area (Å²) in [6.07, 6.45) is 2.22. The van der Waals surface area contributed by atoms with Crippen LogP contribution in [0.15, 0.2) is 82.7 Å². The summed E-state index contributed by atoms with van der Waals surface area (Å²) in [5, 5.41) is 12.4. The lowest BCUT2D eigenvalue weighted by Crippen LogP contribution is -2.35. The number of rotatable bonds is 8. The fourth-order valence-corrected chi connectivity index (χ4v) is 5.05. The van der Waals surface area contributed by atoms with Gasteiger partial charge in [0.2, 0.25) is 5.91 Å². The van der Waals surface area contributed by atoms with Crippen LogP contribution in [0.3, 0.4) is 0 Å². The highest BCUT2D eigenvalue weighted by Crippen LogP contribution is 2.24. The Morgan fingerprint density at radius 3 is 2.32 bits per heavy atom. The van der Waals surface area contributed by atoms with Crippen molar-refractivity contribution in [1.82, 2.24) is 10.0 Å². The van der Waals surface area contributed by atoms with Gasteiger partial charge in [-0.1, -0.05) is 68.3 Å². The van der Waals surface area contributed by atoms with Crippen molar-refractivity contribution in [2.24, 2.45) is 4.99 Å². The van der Waals surface area contributed by atoms with E-state index in [0.717, 1.165) is 29.5 Å². The highest BCUT2D eigenvalue weighted by molar-refractivity contribution is 7.90. The van der Waals surface area contributed by atoms with E-state index >= 15 is 0 Å². The van der Waals surface area contributed by atoms with Gasteiger partial charge in [-0.25, -0.2) is 8.42 Å². The van der Waals surface area contributed by atoms with E-state index in [2.05, 4.69) is 15.0 Å². The predicted octanol–water partition coefficient (Wildman–Crippen LogP) is 3.97. The Kier molecular flexibility index (Phi) is 6.98. The van der Waals surface area contributed by atoms with Gasteiger partial charge in [-0.3, -0.25) is 14.5 Å². The van der Waals surface area contributed by atoms with Crippen molar-refractivity contribution in [2.75, 3.05) is 0 Å². The monoisotopic (exact) mass is 477 g/mol. The maximum Gasteiger partial charge on any atom is 0.263 e. The number of phenolic OH excluding ortho intramolecular Hbond substituents is 1. The standard InChI is InChI=1S/C26H27N3O4S/c1-2-3-7-23(28-25-22-6-4-5-8-24(22)34(32,33)29-25)26(31)27-17-18-9-11-19(12-10-18)20-13-15-21(30)16-14-20/h4-6,8-16,23,30H,2-3,7,17H2,1H3,(H,27,31)(H,28,29). The number of fused-ring (bicyclic) bond motifs is 1. The molecule has 0 aromatic heterocycles. The summed E-state index contributed by atoms with van der Waals surface area (Å²) < 4.78 is 27.2. The molecule has 34 heavy (non-hydrogen) atoms. The number of amidine groups is 1. The van der Waals surface area contributed by atoms with Crippen LogP contribution in [0.25, 0.3) is 11.1 Å². The van der Waals surface area contributed by atoms with Crippen LogP contribution in [0.5, 0.6) is 5.75 Å². The number of carbonyl (C=O) groups is 1. The van der Waals surface area contributed by atoms with Crippen LogP contribution in [-0.4, -0.2) is 31.3 Å². The fourth-order valence-electron chi connectivity index (χ4n) is 3.81. The number of hydrogen-bond acceptors (Lipinski definition) is 5. The fraction of sp³-hybridized carbons (Fsp3) is 0.231. The zero-order valence-corrected chi connectivity index (χ0v) is 19.7. The largest absolute Gasteiger partial charge is 0.508 e. The van der Waals surface area contributed by atoms with Gasteiger partial charge in [0.15, 0.2) is 0 Å². The van der Waals surface area contributed by atoms with Gasteiger partial charge in [0.25, 0.3) is 10.0 Å². The Hall–Kier alpha value is -3.65. The molecule has 1 atom stereocenters.